The fourth-order valence-corrected chi connectivity index (χ4v) is 6.01. The van der Waals surface area contributed by atoms with Crippen LogP contribution >= 0.6 is 11.6 Å². The average Bonchev–Trinajstić information content (AvgIpc) is 3.25. The van der Waals surface area contributed by atoms with Gasteiger partial charge in [0.2, 0.25) is 5.91 Å². The Morgan fingerprint density at radius 3 is 2.64 bits per heavy atom. The van der Waals surface area contributed by atoms with E-state index in [2.05, 4.69) is 59.1 Å². The van der Waals surface area contributed by atoms with Gasteiger partial charge in [0.1, 0.15) is 5.75 Å². The molecule has 1 aromatic heterocycles. The van der Waals surface area contributed by atoms with Crippen molar-refractivity contribution in [1.82, 2.24) is 14.4 Å². The number of carbonyl (C=O) groups is 1. The van der Waals surface area contributed by atoms with Gasteiger partial charge in [0.15, 0.2) is 0 Å². The Labute approximate surface area is 236 Å². The van der Waals surface area contributed by atoms with Crippen LogP contribution in [-0.4, -0.2) is 47.0 Å². The Hall–Kier alpha value is -3.28. The van der Waals surface area contributed by atoms with Crippen LogP contribution in [0.2, 0.25) is 5.02 Å². The summed E-state index contributed by atoms with van der Waals surface area (Å²) in [6, 6.07) is 24.5. The van der Waals surface area contributed by atoms with E-state index in [1.807, 2.05) is 55.3 Å². The van der Waals surface area contributed by atoms with Gasteiger partial charge in [-0.15, -0.1) is 0 Å². The number of piperidine rings is 1. The maximum Gasteiger partial charge on any atom is 0.223 e. The lowest BCUT2D eigenvalue weighted by atomic mass is 9.77. The first-order valence-corrected chi connectivity index (χ1v) is 14.1. The fraction of sp³-hybridized carbons (Fsp3) is 0.364. The molecule has 2 heterocycles. The molecule has 4 aromatic rings. The number of fused-ring (bicyclic) bond motifs is 1. The lowest BCUT2D eigenvalue weighted by Gasteiger charge is -2.43. The van der Waals surface area contributed by atoms with Crippen molar-refractivity contribution in [3.8, 4) is 5.75 Å². The Morgan fingerprint density at radius 2 is 1.85 bits per heavy atom. The van der Waals surface area contributed by atoms with Gasteiger partial charge in [0.05, 0.1) is 6.61 Å². The van der Waals surface area contributed by atoms with Crippen molar-refractivity contribution in [3.05, 3.63) is 101 Å². The first-order valence-electron chi connectivity index (χ1n) is 13.7. The van der Waals surface area contributed by atoms with Crippen LogP contribution in [0.5, 0.6) is 5.75 Å². The molecule has 1 amide bonds. The number of nitrogens with zero attached hydrogens (tertiary/aromatic N) is 3. The van der Waals surface area contributed by atoms with Gasteiger partial charge in [-0.3, -0.25) is 9.69 Å². The summed E-state index contributed by atoms with van der Waals surface area (Å²) in [5.74, 6) is 0.953. The van der Waals surface area contributed by atoms with Crippen LogP contribution in [0.25, 0.3) is 10.9 Å². The third-order valence-corrected chi connectivity index (χ3v) is 8.43. The number of aromatic nitrogens is 1. The molecule has 0 radical (unpaired) electrons. The summed E-state index contributed by atoms with van der Waals surface area (Å²) in [4.78, 5) is 18.0. The van der Waals surface area contributed by atoms with E-state index >= 15 is 0 Å². The molecular weight excluding hydrogens is 506 g/mol. The molecule has 1 atom stereocenters. The second kappa shape index (κ2) is 11.8. The van der Waals surface area contributed by atoms with Crippen molar-refractivity contribution < 1.29 is 9.53 Å². The van der Waals surface area contributed by atoms with Crippen molar-refractivity contribution in [2.75, 3.05) is 26.7 Å². The second-order valence-corrected chi connectivity index (χ2v) is 11.6. The number of rotatable bonds is 9. The molecule has 0 bridgehead atoms. The first kappa shape index (κ1) is 27.3. The molecule has 39 heavy (non-hydrogen) atoms. The van der Waals surface area contributed by atoms with Crippen LogP contribution in [0, 0.1) is 12.3 Å². The van der Waals surface area contributed by atoms with Crippen LogP contribution < -0.4 is 4.74 Å². The van der Waals surface area contributed by atoms with Crippen molar-refractivity contribution >= 4 is 28.4 Å². The topological polar surface area (TPSA) is 37.7 Å². The van der Waals surface area contributed by atoms with Crippen molar-refractivity contribution in [2.24, 2.45) is 12.5 Å². The highest BCUT2D eigenvalue weighted by atomic mass is 35.5. The number of benzene rings is 3. The van der Waals surface area contributed by atoms with E-state index in [-0.39, 0.29) is 11.3 Å². The molecular formula is C33H38ClN3O2. The van der Waals surface area contributed by atoms with E-state index in [4.69, 9.17) is 16.3 Å². The Kier molecular flexibility index (Phi) is 8.29. The molecule has 1 aliphatic heterocycles. The van der Waals surface area contributed by atoms with Crippen LogP contribution in [0.15, 0.2) is 79.0 Å². The Bertz CT molecular complexity index is 1430. The van der Waals surface area contributed by atoms with Crippen molar-refractivity contribution in [3.63, 3.8) is 0 Å². The van der Waals surface area contributed by atoms with E-state index in [0.29, 0.717) is 19.6 Å². The number of carbonyl (C=O) groups excluding carboxylic acids is 1. The number of amides is 1. The summed E-state index contributed by atoms with van der Waals surface area (Å²) >= 11 is 6.25. The van der Waals surface area contributed by atoms with Gasteiger partial charge < -0.3 is 14.2 Å². The highest BCUT2D eigenvalue weighted by Crippen LogP contribution is 2.37. The van der Waals surface area contributed by atoms with E-state index in [9.17, 15) is 4.79 Å². The van der Waals surface area contributed by atoms with E-state index in [0.717, 1.165) is 54.4 Å². The standard InChI is InChI=1S/C33H38ClN3O2/c1-25-18-28(14-15-30(25)34)39-24-33(19-32(38)36(3)20-26-10-5-4-6-11-26)16-9-17-37(23-33)22-27-21-35(2)31-13-8-7-12-29(27)31/h4-8,10-15,18,21H,9,16-17,19-20,22-24H2,1-3H3. The maximum atomic E-state index is 13.6. The highest BCUT2D eigenvalue weighted by molar-refractivity contribution is 6.31. The summed E-state index contributed by atoms with van der Waals surface area (Å²) < 4.78 is 8.60. The summed E-state index contributed by atoms with van der Waals surface area (Å²) in [5.41, 5.74) is 4.42. The minimum atomic E-state index is -0.279. The number of hydrogen-bond donors (Lipinski definition) is 0. The molecule has 5 nitrogen and oxygen atoms in total. The van der Waals surface area contributed by atoms with Crippen LogP contribution in [0.4, 0.5) is 0 Å². The minimum Gasteiger partial charge on any atom is -0.493 e. The molecule has 0 spiro atoms. The van der Waals surface area contributed by atoms with Gasteiger partial charge in [0.25, 0.3) is 0 Å². The Balaban J connectivity index is 1.35. The number of hydrogen-bond acceptors (Lipinski definition) is 3. The largest absolute Gasteiger partial charge is 0.493 e. The lowest BCUT2D eigenvalue weighted by molar-refractivity contribution is -0.135. The van der Waals surface area contributed by atoms with Crippen LogP contribution in [-0.2, 0) is 24.9 Å². The van der Waals surface area contributed by atoms with Gasteiger partial charge in [-0.25, -0.2) is 0 Å². The summed E-state index contributed by atoms with van der Waals surface area (Å²) in [6.45, 7) is 5.77. The minimum absolute atomic E-state index is 0.154. The molecule has 1 saturated heterocycles. The molecule has 1 unspecified atom stereocenters. The normalized spacial score (nSPS) is 17.8. The predicted octanol–water partition coefficient (Wildman–Crippen LogP) is 6.85. The van der Waals surface area contributed by atoms with Crippen molar-refractivity contribution in [1.29, 1.82) is 0 Å². The van der Waals surface area contributed by atoms with Gasteiger partial charge in [0, 0.05) is 67.7 Å². The zero-order valence-electron chi connectivity index (χ0n) is 23.2. The van der Waals surface area contributed by atoms with E-state index in [1.165, 1.54) is 16.5 Å². The van der Waals surface area contributed by atoms with Gasteiger partial charge in [-0.05, 0) is 67.3 Å². The third-order valence-electron chi connectivity index (χ3n) is 8.00. The molecule has 0 saturated carbocycles. The SMILES string of the molecule is Cc1cc(OCC2(CC(=O)N(C)Cc3ccccc3)CCCN(Cc3cn(C)c4ccccc34)C2)ccc1Cl. The van der Waals surface area contributed by atoms with E-state index < -0.39 is 0 Å². The zero-order valence-corrected chi connectivity index (χ0v) is 24.0. The third kappa shape index (κ3) is 6.48. The number of para-hydroxylation sites is 1. The maximum absolute atomic E-state index is 13.6. The van der Waals surface area contributed by atoms with Gasteiger partial charge in [-0.1, -0.05) is 60.1 Å². The second-order valence-electron chi connectivity index (χ2n) is 11.2. The van der Waals surface area contributed by atoms with Crippen molar-refractivity contribution in [2.45, 2.75) is 39.3 Å². The molecule has 5 rings (SSSR count). The summed E-state index contributed by atoms with van der Waals surface area (Å²) in [5, 5.41) is 2.02. The average molecular weight is 544 g/mol. The van der Waals surface area contributed by atoms with E-state index in [1.54, 1.807) is 0 Å². The van der Waals surface area contributed by atoms with Gasteiger partial charge >= 0.3 is 0 Å². The molecule has 204 valence electrons. The number of ether oxygens (including phenoxy) is 1. The smallest absolute Gasteiger partial charge is 0.223 e. The molecule has 0 aliphatic carbocycles. The fourth-order valence-electron chi connectivity index (χ4n) is 5.90. The highest BCUT2D eigenvalue weighted by Gasteiger charge is 2.39. The predicted molar refractivity (Wildman–Crippen MR) is 159 cm³/mol. The molecule has 6 heteroatoms. The summed E-state index contributed by atoms with van der Waals surface area (Å²) in [7, 11) is 4.01. The van der Waals surface area contributed by atoms with Gasteiger partial charge in [-0.2, -0.15) is 0 Å². The Morgan fingerprint density at radius 1 is 1.08 bits per heavy atom. The lowest BCUT2D eigenvalue weighted by Crippen LogP contribution is -2.48. The first-order chi connectivity index (χ1) is 18.8. The number of aryl methyl sites for hydroxylation is 2. The molecule has 3 aromatic carbocycles. The molecule has 1 fully saturated rings. The molecule has 1 aliphatic rings. The molecule has 0 N–H and O–H groups in total. The van der Waals surface area contributed by atoms with Crippen LogP contribution in [0.3, 0.4) is 0 Å². The number of likely N-dealkylation sites (tertiary alicyclic amines) is 1. The summed E-state index contributed by atoms with van der Waals surface area (Å²) in [6.07, 6.45) is 4.68. The van der Waals surface area contributed by atoms with Crippen LogP contribution in [0.1, 0.15) is 36.0 Å². The quantitative estimate of drug-likeness (QED) is 0.232. The number of halogens is 1. The monoisotopic (exact) mass is 543 g/mol. The zero-order chi connectivity index (χ0) is 27.4.